The van der Waals surface area contributed by atoms with Crippen LogP contribution in [0.15, 0.2) is 18.2 Å². The molecule has 0 saturated carbocycles. The molecule has 1 N–H and O–H groups in total. The molecular weight excluding hydrogens is 358 g/mol. The summed E-state index contributed by atoms with van der Waals surface area (Å²) in [5, 5.41) is 3.20. The van der Waals surface area contributed by atoms with Gasteiger partial charge < -0.3 is 15.0 Å². The molecule has 0 aromatic heterocycles. The first-order valence-electron chi connectivity index (χ1n) is 8.77. The van der Waals surface area contributed by atoms with E-state index in [9.17, 15) is 14.4 Å². The number of hydrogen-bond acceptors (Lipinski definition) is 5. The van der Waals surface area contributed by atoms with Crippen LogP contribution in [0.3, 0.4) is 0 Å². The summed E-state index contributed by atoms with van der Waals surface area (Å²) in [6, 6.07) is 4.81. The van der Waals surface area contributed by atoms with Crippen LogP contribution in [0.25, 0.3) is 0 Å². The maximum absolute atomic E-state index is 12.7. The predicted molar refractivity (Wildman–Crippen MR) is 96.8 cm³/mol. The molecule has 2 fully saturated rings. The smallest absolute Gasteiger partial charge is 0.261 e. The maximum Gasteiger partial charge on any atom is 0.261 e. The summed E-state index contributed by atoms with van der Waals surface area (Å²) >= 11 is 0. The number of nitrogens with one attached hydrogen (secondary N) is 1. The summed E-state index contributed by atoms with van der Waals surface area (Å²) in [6.07, 6.45) is 1.74. The van der Waals surface area contributed by atoms with Gasteiger partial charge in [0.1, 0.15) is 0 Å². The fraction of sp³-hybridized carbons (Fsp3) is 0.500. The predicted octanol–water partition coefficient (Wildman–Crippen LogP) is 0.929. The van der Waals surface area contributed by atoms with Crippen LogP contribution < -0.4 is 5.32 Å². The molecule has 3 amide bonds. The minimum atomic E-state index is -0.328. The molecule has 3 heterocycles. The third-order valence-corrected chi connectivity index (χ3v) is 5.03. The van der Waals surface area contributed by atoms with Gasteiger partial charge in [-0.05, 0) is 31.0 Å². The summed E-state index contributed by atoms with van der Waals surface area (Å²) in [6.45, 7) is 3.79. The topological polar surface area (TPSA) is 79.0 Å². The SMILES string of the molecule is Cl.O=C(c1ccc2c(c1)C(=O)N(CC1CCCO1)C2=O)N1CCNCC1. The van der Waals surface area contributed by atoms with Crippen molar-refractivity contribution >= 4 is 30.1 Å². The highest BCUT2D eigenvalue weighted by Crippen LogP contribution is 2.26. The van der Waals surface area contributed by atoms with E-state index in [1.807, 2.05) is 0 Å². The van der Waals surface area contributed by atoms with Crippen molar-refractivity contribution in [3.05, 3.63) is 34.9 Å². The minimum absolute atomic E-state index is 0. The molecule has 3 aliphatic heterocycles. The molecule has 0 spiro atoms. The van der Waals surface area contributed by atoms with Gasteiger partial charge in [-0.2, -0.15) is 0 Å². The molecule has 0 radical (unpaired) electrons. The molecule has 1 unspecified atom stereocenters. The number of fused-ring (bicyclic) bond motifs is 1. The fourth-order valence-electron chi connectivity index (χ4n) is 3.63. The largest absolute Gasteiger partial charge is 0.376 e. The van der Waals surface area contributed by atoms with Gasteiger partial charge in [0.2, 0.25) is 0 Å². The molecule has 1 aromatic rings. The van der Waals surface area contributed by atoms with Crippen molar-refractivity contribution < 1.29 is 19.1 Å². The van der Waals surface area contributed by atoms with Gasteiger partial charge in [-0.15, -0.1) is 12.4 Å². The van der Waals surface area contributed by atoms with Gasteiger partial charge >= 0.3 is 0 Å². The lowest BCUT2D eigenvalue weighted by molar-refractivity contribution is 0.0475. The summed E-state index contributed by atoms with van der Waals surface area (Å²) in [5.41, 5.74) is 1.16. The highest BCUT2D eigenvalue weighted by molar-refractivity contribution is 6.22. The van der Waals surface area contributed by atoms with Gasteiger partial charge in [0.25, 0.3) is 17.7 Å². The Kier molecular flexibility index (Phi) is 5.60. The molecule has 4 rings (SSSR count). The molecule has 2 saturated heterocycles. The number of nitrogens with zero attached hydrogens (tertiary/aromatic N) is 2. The van der Waals surface area contributed by atoms with Crippen LogP contribution in [0.5, 0.6) is 0 Å². The Bertz CT molecular complexity index is 727. The molecule has 140 valence electrons. The second-order valence-electron chi connectivity index (χ2n) is 6.66. The van der Waals surface area contributed by atoms with Crippen molar-refractivity contribution in [1.29, 1.82) is 0 Å². The lowest BCUT2D eigenvalue weighted by Crippen LogP contribution is -2.46. The van der Waals surface area contributed by atoms with Crippen molar-refractivity contribution in [2.75, 3.05) is 39.3 Å². The van der Waals surface area contributed by atoms with E-state index in [0.717, 1.165) is 25.9 Å². The van der Waals surface area contributed by atoms with Crippen LogP contribution in [0.1, 0.15) is 43.9 Å². The number of benzene rings is 1. The number of halogens is 1. The average Bonchev–Trinajstić information content (AvgIpc) is 3.25. The molecule has 3 aliphatic rings. The molecule has 8 heteroatoms. The Balaban J connectivity index is 0.00000196. The van der Waals surface area contributed by atoms with E-state index in [-0.39, 0.29) is 42.8 Å². The van der Waals surface area contributed by atoms with Crippen LogP contribution in [-0.4, -0.2) is 73.0 Å². The van der Waals surface area contributed by atoms with Gasteiger partial charge in [0, 0.05) is 38.3 Å². The highest BCUT2D eigenvalue weighted by atomic mass is 35.5. The third-order valence-electron chi connectivity index (χ3n) is 5.03. The first-order valence-corrected chi connectivity index (χ1v) is 8.77. The van der Waals surface area contributed by atoms with E-state index in [0.29, 0.717) is 36.4 Å². The van der Waals surface area contributed by atoms with Crippen molar-refractivity contribution in [2.45, 2.75) is 18.9 Å². The van der Waals surface area contributed by atoms with Crippen LogP contribution in [-0.2, 0) is 4.74 Å². The quantitative estimate of drug-likeness (QED) is 0.790. The van der Waals surface area contributed by atoms with Gasteiger partial charge in [-0.3, -0.25) is 19.3 Å². The fourth-order valence-corrected chi connectivity index (χ4v) is 3.63. The van der Waals surface area contributed by atoms with Crippen molar-refractivity contribution in [2.24, 2.45) is 0 Å². The number of carbonyl (C=O) groups is 3. The standard InChI is InChI=1S/C18H21N3O4.ClH/c22-16(20-7-5-19-6-8-20)12-3-4-14-15(10-12)18(24)21(17(14)23)11-13-2-1-9-25-13;/h3-4,10,13,19H,1-2,5-9,11H2;1H. The van der Waals surface area contributed by atoms with Crippen molar-refractivity contribution in [3.63, 3.8) is 0 Å². The van der Waals surface area contributed by atoms with Crippen LogP contribution in [0.4, 0.5) is 0 Å². The molecule has 0 bridgehead atoms. The lowest BCUT2D eigenvalue weighted by atomic mass is 10.0. The first-order chi connectivity index (χ1) is 12.1. The number of ether oxygens (including phenoxy) is 1. The minimum Gasteiger partial charge on any atom is -0.376 e. The Morgan fingerprint density at radius 3 is 2.58 bits per heavy atom. The highest BCUT2D eigenvalue weighted by Gasteiger charge is 2.38. The Morgan fingerprint density at radius 1 is 1.15 bits per heavy atom. The lowest BCUT2D eigenvalue weighted by Gasteiger charge is -2.27. The molecule has 0 aliphatic carbocycles. The number of imide groups is 1. The van der Waals surface area contributed by atoms with Gasteiger partial charge in [-0.25, -0.2) is 0 Å². The number of carbonyl (C=O) groups excluding carboxylic acids is 3. The van der Waals surface area contributed by atoms with E-state index in [2.05, 4.69) is 5.32 Å². The van der Waals surface area contributed by atoms with E-state index >= 15 is 0 Å². The normalized spacial score (nSPS) is 22.4. The average molecular weight is 380 g/mol. The van der Waals surface area contributed by atoms with Gasteiger partial charge in [0.15, 0.2) is 0 Å². The summed E-state index contributed by atoms with van der Waals surface area (Å²) < 4.78 is 5.54. The summed E-state index contributed by atoms with van der Waals surface area (Å²) in [7, 11) is 0. The number of rotatable bonds is 3. The first kappa shape index (κ1) is 18.8. The third kappa shape index (κ3) is 3.34. The summed E-state index contributed by atoms with van der Waals surface area (Å²) in [5.74, 6) is -0.718. The molecular formula is C18H22ClN3O4. The molecule has 26 heavy (non-hydrogen) atoms. The van der Waals surface area contributed by atoms with Crippen LogP contribution in [0.2, 0.25) is 0 Å². The molecule has 1 atom stereocenters. The monoisotopic (exact) mass is 379 g/mol. The van der Waals surface area contributed by atoms with Crippen molar-refractivity contribution in [3.8, 4) is 0 Å². The summed E-state index contributed by atoms with van der Waals surface area (Å²) in [4.78, 5) is 40.8. The molecule has 1 aromatic carbocycles. The zero-order valence-electron chi connectivity index (χ0n) is 14.4. The second-order valence-corrected chi connectivity index (χ2v) is 6.66. The number of hydrogen-bond donors (Lipinski definition) is 1. The van der Waals surface area contributed by atoms with Crippen molar-refractivity contribution in [1.82, 2.24) is 15.1 Å². The molecule has 7 nitrogen and oxygen atoms in total. The van der Waals surface area contributed by atoms with Crippen LogP contribution in [0, 0.1) is 0 Å². The number of piperazine rings is 1. The Labute approximate surface area is 158 Å². The van der Waals surface area contributed by atoms with E-state index in [4.69, 9.17) is 4.74 Å². The second kappa shape index (κ2) is 7.73. The van der Waals surface area contributed by atoms with Crippen LogP contribution >= 0.6 is 12.4 Å². The Hall–Kier alpha value is -1.96. The Morgan fingerprint density at radius 2 is 1.88 bits per heavy atom. The van der Waals surface area contributed by atoms with E-state index < -0.39 is 0 Å². The van der Waals surface area contributed by atoms with Gasteiger partial charge in [0.05, 0.1) is 23.8 Å². The maximum atomic E-state index is 12.7. The van der Waals surface area contributed by atoms with E-state index in [1.165, 1.54) is 4.90 Å². The zero-order valence-corrected chi connectivity index (χ0v) is 15.2. The van der Waals surface area contributed by atoms with Gasteiger partial charge in [-0.1, -0.05) is 0 Å². The zero-order chi connectivity index (χ0) is 17.4. The van der Waals surface area contributed by atoms with E-state index in [1.54, 1.807) is 23.1 Å². The number of amides is 3.